The zero-order valence-corrected chi connectivity index (χ0v) is 14.5. The van der Waals surface area contributed by atoms with Gasteiger partial charge in [0, 0.05) is 29.8 Å². The van der Waals surface area contributed by atoms with Gasteiger partial charge in [0.05, 0.1) is 26.0 Å². The molecular formula is C21H21N3O2. The first-order chi connectivity index (χ1) is 12.8. The SMILES string of the molecule is O=C(NCCn1ncc2c1CCOC2)c1ccc(-c2ccccc2)cc1. The molecule has 3 aromatic rings. The van der Waals surface area contributed by atoms with E-state index in [-0.39, 0.29) is 5.91 Å². The molecule has 0 bridgehead atoms. The largest absolute Gasteiger partial charge is 0.376 e. The van der Waals surface area contributed by atoms with Crippen molar-refractivity contribution in [2.24, 2.45) is 0 Å². The lowest BCUT2D eigenvalue weighted by Crippen LogP contribution is -2.28. The molecule has 1 aliphatic heterocycles. The Balaban J connectivity index is 1.34. The second-order valence-corrected chi connectivity index (χ2v) is 6.34. The molecule has 0 fully saturated rings. The Kier molecular flexibility index (Phi) is 4.80. The highest BCUT2D eigenvalue weighted by molar-refractivity contribution is 5.94. The lowest BCUT2D eigenvalue weighted by atomic mass is 10.0. The molecule has 1 N–H and O–H groups in total. The summed E-state index contributed by atoms with van der Waals surface area (Å²) < 4.78 is 7.40. The van der Waals surface area contributed by atoms with Gasteiger partial charge >= 0.3 is 0 Å². The monoisotopic (exact) mass is 347 g/mol. The quantitative estimate of drug-likeness (QED) is 0.772. The molecule has 2 aromatic carbocycles. The Morgan fingerprint density at radius 1 is 1.08 bits per heavy atom. The van der Waals surface area contributed by atoms with Gasteiger partial charge in [0.2, 0.25) is 0 Å². The second kappa shape index (κ2) is 7.54. The molecule has 0 radical (unpaired) electrons. The zero-order valence-electron chi connectivity index (χ0n) is 14.5. The molecule has 4 rings (SSSR count). The number of nitrogens with one attached hydrogen (secondary N) is 1. The lowest BCUT2D eigenvalue weighted by Gasteiger charge is -2.14. The van der Waals surface area contributed by atoms with Crippen LogP contribution >= 0.6 is 0 Å². The van der Waals surface area contributed by atoms with Gasteiger partial charge in [-0.15, -0.1) is 0 Å². The average Bonchev–Trinajstić information content (AvgIpc) is 3.12. The van der Waals surface area contributed by atoms with Crippen LogP contribution in [0.1, 0.15) is 21.6 Å². The summed E-state index contributed by atoms with van der Waals surface area (Å²) in [5.41, 5.74) is 5.29. The number of hydrogen-bond acceptors (Lipinski definition) is 3. The first-order valence-corrected chi connectivity index (χ1v) is 8.86. The zero-order chi connectivity index (χ0) is 17.8. The Morgan fingerprint density at radius 2 is 1.85 bits per heavy atom. The maximum absolute atomic E-state index is 12.3. The number of fused-ring (bicyclic) bond motifs is 1. The van der Waals surface area contributed by atoms with Crippen LogP contribution in [0.25, 0.3) is 11.1 Å². The van der Waals surface area contributed by atoms with Crippen LogP contribution in [0.5, 0.6) is 0 Å². The van der Waals surface area contributed by atoms with Crippen molar-refractivity contribution in [2.75, 3.05) is 13.2 Å². The van der Waals surface area contributed by atoms with Crippen LogP contribution in [0.2, 0.25) is 0 Å². The maximum atomic E-state index is 12.3. The number of benzene rings is 2. The molecule has 0 saturated heterocycles. The molecule has 0 spiro atoms. The van der Waals surface area contributed by atoms with Crippen LogP contribution in [0.15, 0.2) is 60.8 Å². The Morgan fingerprint density at radius 3 is 2.65 bits per heavy atom. The van der Waals surface area contributed by atoms with E-state index in [4.69, 9.17) is 4.74 Å². The number of ether oxygens (including phenoxy) is 1. The van der Waals surface area contributed by atoms with Crippen LogP contribution in [-0.2, 0) is 24.3 Å². The van der Waals surface area contributed by atoms with Gasteiger partial charge in [-0.1, -0.05) is 42.5 Å². The molecule has 1 aliphatic rings. The van der Waals surface area contributed by atoms with Crippen molar-refractivity contribution in [3.63, 3.8) is 0 Å². The summed E-state index contributed by atoms with van der Waals surface area (Å²) in [6.45, 7) is 2.59. The molecule has 0 aliphatic carbocycles. The number of hydrogen-bond donors (Lipinski definition) is 1. The summed E-state index contributed by atoms with van der Waals surface area (Å²) in [7, 11) is 0. The standard InChI is InChI=1S/C21H21N3O2/c25-21(18-8-6-17(7-9-18)16-4-2-1-3-5-16)22-11-12-24-20-10-13-26-15-19(20)14-23-24/h1-9,14H,10-13,15H2,(H,22,25). The van der Waals surface area contributed by atoms with Gasteiger partial charge in [0.25, 0.3) is 5.91 Å². The predicted molar refractivity (Wildman–Crippen MR) is 99.8 cm³/mol. The minimum absolute atomic E-state index is 0.0611. The highest BCUT2D eigenvalue weighted by Gasteiger charge is 2.15. The van der Waals surface area contributed by atoms with Gasteiger partial charge in [-0.3, -0.25) is 9.48 Å². The van der Waals surface area contributed by atoms with Gasteiger partial charge in [0.1, 0.15) is 0 Å². The summed E-state index contributed by atoms with van der Waals surface area (Å²) in [5, 5.41) is 7.37. The van der Waals surface area contributed by atoms with Crippen molar-refractivity contribution in [1.82, 2.24) is 15.1 Å². The van der Waals surface area contributed by atoms with Crippen LogP contribution in [0.3, 0.4) is 0 Å². The van der Waals surface area contributed by atoms with Crippen molar-refractivity contribution >= 4 is 5.91 Å². The molecule has 5 nitrogen and oxygen atoms in total. The van der Waals surface area contributed by atoms with Crippen LogP contribution in [-0.4, -0.2) is 28.8 Å². The van der Waals surface area contributed by atoms with E-state index in [0.29, 0.717) is 25.3 Å². The highest BCUT2D eigenvalue weighted by atomic mass is 16.5. The molecule has 0 atom stereocenters. The normalized spacial score (nSPS) is 13.2. The molecule has 5 heteroatoms. The third-order valence-corrected chi connectivity index (χ3v) is 4.64. The first kappa shape index (κ1) is 16.5. The van der Waals surface area contributed by atoms with E-state index in [9.17, 15) is 4.79 Å². The predicted octanol–water partition coefficient (Wildman–Crippen LogP) is 3.05. The fraction of sp³-hybridized carbons (Fsp3) is 0.238. The Labute approximate surface area is 152 Å². The molecule has 1 aromatic heterocycles. The molecule has 0 saturated carbocycles. The number of amides is 1. The Bertz CT molecular complexity index is 885. The maximum Gasteiger partial charge on any atom is 0.251 e. The number of aromatic nitrogens is 2. The summed E-state index contributed by atoms with van der Waals surface area (Å²) >= 11 is 0. The van der Waals surface area contributed by atoms with E-state index in [1.165, 1.54) is 5.69 Å². The van der Waals surface area contributed by atoms with Gasteiger partial charge in [-0.25, -0.2) is 0 Å². The molecular weight excluding hydrogens is 326 g/mol. The topological polar surface area (TPSA) is 56.2 Å². The second-order valence-electron chi connectivity index (χ2n) is 6.34. The fourth-order valence-corrected chi connectivity index (χ4v) is 3.23. The summed E-state index contributed by atoms with van der Waals surface area (Å²) in [6, 6.07) is 17.8. The molecule has 132 valence electrons. The first-order valence-electron chi connectivity index (χ1n) is 8.86. The van der Waals surface area contributed by atoms with Gasteiger partial charge < -0.3 is 10.1 Å². The van der Waals surface area contributed by atoms with E-state index in [2.05, 4.69) is 22.5 Å². The minimum Gasteiger partial charge on any atom is -0.376 e. The van der Waals surface area contributed by atoms with E-state index in [0.717, 1.165) is 29.7 Å². The van der Waals surface area contributed by atoms with Crippen molar-refractivity contribution in [3.8, 4) is 11.1 Å². The summed E-state index contributed by atoms with van der Waals surface area (Å²) in [5.74, 6) is -0.0611. The van der Waals surface area contributed by atoms with Crippen LogP contribution in [0, 0.1) is 0 Å². The molecule has 26 heavy (non-hydrogen) atoms. The smallest absolute Gasteiger partial charge is 0.251 e. The van der Waals surface area contributed by atoms with Crippen molar-refractivity contribution in [3.05, 3.63) is 77.6 Å². The van der Waals surface area contributed by atoms with Gasteiger partial charge in [-0.2, -0.15) is 5.10 Å². The number of nitrogens with zero attached hydrogens (tertiary/aromatic N) is 2. The third kappa shape index (κ3) is 3.53. The van der Waals surface area contributed by atoms with Crippen LogP contribution in [0.4, 0.5) is 0 Å². The van der Waals surface area contributed by atoms with E-state index >= 15 is 0 Å². The number of rotatable bonds is 5. The van der Waals surface area contributed by atoms with Gasteiger partial charge in [-0.05, 0) is 23.3 Å². The summed E-state index contributed by atoms with van der Waals surface area (Å²) in [6.07, 6.45) is 2.74. The van der Waals surface area contributed by atoms with E-state index in [1.807, 2.05) is 53.3 Å². The highest BCUT2D eigenvalue weighted by Crippen LogP contribution is 2.19. The van der Waals surface area contributed by atoms with Crippen molar-refractivity contribution < 1.29 is 9.53 Å². The summed E-state index contributed by atoms with van der Waals surface area (Å²) in [4.78, 5) is 12.3. The van der Waals surface area contributed by atoms with Crippen molar-refractivity contribution in [1.29, 1.82) is 0 Å². The number of carbonyl (C=O) groups excluding carboxylic acids is 1. The van der Waals surface area contributed by atoms with E-state index in [1.54, 1.807) is 0 Å². The molecule has 0 unspecified atom stereocenters. The average molecular weight is 347 g/mol. The van der Waals surface area contributed by atoms with Crippen molar-refractivity contribution in [2.45, 2.75) is 19.6 Å². The van der Waals surface area contributed by atoms with Gasteiger partial charge in [0.15, 0.2) is 0 Å². The third-order valence-electron chi connectivity index (χ3n) is 4.64. The lowest BCUT2D eigenvalue weighted by molar-refractivity contribution is 0.0950. The molecule has 2 heterocycles. The van der Waals surface area contributed by atoms with E-state index < -0.39 is 0 Å². The Hall–Kier alpha value is -2.92. The number of carbonyl (C=O) groups is 1. The molecule has 1 amide bonds. The van der Waals surface area contributed by atoms with Crippen LogP contribution < -0.4 is 5.32 Å². The minimum atomic E-state index is -0.0611. The fourth-order valence-electron chi connectivity index (χ4n) is 3.23.